The Bertz CT molecular complexity index is 1230. The van der Waals surface area contributed by atoms with Gasteiger partial charge in [0, 0.05) is 19.3 Å². The van der Waals surface area contributed by atoms with Crippen molar-refractivity contribution >= 4 is 27.7 Å². The number of fused-ring (bicyclic) bond motifs is 1. The molecule has 0 unspecified atom stereocenters. The zero-order valence-corrected chi connectivity index (χ0v) is 16.8. The van der Waals surface area contributed by atoms with Gasteiger partial charge in [0.25, 0.3) is 15.6 Å². The van der Waals surface area contributed by atoms with Crippen LogP contribution in [-0.4, -0.2) is 37.1 Å². The van der Waals surface area contributed by atoms with E-state index >= 15 is 0 Å². The average Bonchev–Trinajstić information content (AvgIpc) is 3.24. The van der Waals surface area contributed by atoms with Gasteiger partial charge < -0.3 is 4.90 Å². The molecule has 0 radical (unpaired) electrons. The number of nitrogens with one attached hydrogen (secondary N) is 1. The molecule has 0 bridgehead atoms. The van der Waals surface area contributed by atoms with Gasteiger partial charge in [-0.05, 0) is 44.0 Å². The minimum Gasteiger partial charge on any atom is -0.356 e. The van der Waals surface area contributed by atoms with Crippen molar-refractivity contribution in [3.8, 4) is 0 Å². The van der Waals surface area contributed by atoms with Gasteiger partial charge in [0.1, 0.15) is 17.0 Å². The van der Waals surface area contributed by atoms with Gasteiger partial charge >= 0.3 is 0 Å². The van der Waals surface area contributed by atoms with Crippen molar-refractivity contribution in [3.63, 3.8) is 0 Å². The number of anilines is 1. The third-order valence-corrected chi connectivity index (χ3v) is 6.09. The highest BCUT2D eigenvalue weighted by atomic mass is 32.2. The first-order valence-corrected chi connectivity index (χ1v) is 10.8. The summed E-state index contributed by atoms with van der Waals surface area (Å²) in [5.74, 6) is 0.525. The molecule has 9 heteroatoms. The van der Waals surface area contributed by atoms with Crippen molar-refractivity contribution in [2.45, 2.75) is 24.7 Å². The van der Waals surface area contributed by atoms with Gasteiger partial charge in [-0.15, -0.1) is 0 Å². The first-order chi connectivity index (χ1) is 14.0. The molecule has 3 aromatic rings. The van der Waals surface area contributed by atoms with Gasteiger partial charge in [-0.25, -0.2) is 9.82 Å². The van der Waals surface area contributed by atoms with E-state index in [0.29, 0.717) is 11.5 Å². The molecule has 4 rings (SSSR count). The van der Waals surface area contributed by atoms with Crippen LogP contribution in [0.1, 0.15) is 24.0 Å². The number of aromatic nitrogens is 2. The smallest absolute Gasteiger partial charge is 0.276 e. The second-order valence-electron chi connectivity index (χ2n) is 6.94. The van der Waals surface area contributed by atoms with Crippen molar-refractivity contribution in [2.75, 3.05) is 18.0 Å². The first kappa shape index (κ1) is 19.1. The molecule has 2 aromatic heterocycles. The summed E-state index contributed by atoms with van der Waals surface area (Å²) >= 11 is 0. The maximum absolute atomic E-state index is 13.0. The number of rotatable bonds is 5. The second-order valence-corrected chi connectivity index (χ2v) is 8.60. The summed E-state index contributed by atoms with van der Waals surface area (Å²) in [6.45, 7) is 3.47. The SMILES string of the molecule is Cc1ccc(S(=O)(=O)N/N=C/c2c(N3CCCC3)nc3ccccn3c2=O)cc1. The number of hydrazone groups is 1. The van der Waals surface area contributed by atoms with Crippen molar-refractivity contribution in [1.29, 1.82) is 0 Å². The van der Waals surface area contributed by atoms with Gasteiger partial charge in [0.2, 0.25) is 0 Å². The molecule has 0 saturated carbocycles. The third kappa shape index (κ3) is 3.86. The fourth-order valence-electron chi connectivity index (χ4n) is 3.30. The molecule has 1 aliphatic heterocycles. The molecule has 3 heterocycles. The van der Waals surface area contributed by atoms with Crippen LogP contribution >= 0.6 is 0 Å². The Hall–Kier alpha value is -3.20. The average molecular weight is 411 g/mol. The van der Waals surface area contributed by atoms with Crippen LogP contribution in [0.4, 0.5) is 5.82 Å². The quantitative estimate of drug-likeness (QED) is 0.511. The highest BCUT2D eigenvalue weighted by Gasteiger charge is 2.20. The fraction of sp³-hybridized carbons (Fsp3) is 0.250. The summed E-state index contributed by atoms with van der Waals surface area (Å²) in [5, 5.41) is 3.87. The maximum Gasteiger partial charge on any atom is 0.276 e. The Labute approximate surface area is 168 Å². The van der Waals surface area contributed by atoms with E-state index in [0.717, 1.165) is 31.5 Å². The number of benzene rings is 1. The molecular weight excluding hydrogens is 390 g/mol. The minimum atomic E-state index is -3.83. The van der Waals surface area contributed by atoms with E-state index in [-0.39, 0.29) is 16.0 Å². The lowest BCUT2D eigenvalue weighted by atomic mass is 10.2. The van der Waals surface area contributed by atoms with Crippen molar-refractivity contribution < 1.29 is 8.42 Å². The molecule has 0 spiro atoms. The van der Waals surface area contributed by atoms with Gasteiger partial charge in [-0.1, -0.05) is 23.8 Å². The summed E-state index contributed by atoms with van der Waals surface area (Å²) in [4.78, 5) is 21.9. The minimum absolute atomic E-state index is 0.105. The fourth-order valence-corrected chi connectivity index (χ4v) is 4.10. The van der Waals surface area contributed by atoms with E-state index < -0.39 is 10.0 Å². The van der Waals surface area contributed by atoms with Crippen LogP contribution < -0.4 is 15.3 Å². The number of hydrogen-bond acceptors (Lipinski definition) is 6. The topological polar surface area (TPSA) is 96.1 Å². The monoisotopic (exact) mass is 411 g/mol. The normalized spacial score (nSPS) is 14.7. The zero-order chi connectivity index (χ0) is 20.4. The van der Waals surface area contributed by atoms with Crippen LogP contribution in [0.15, 0.2) is 63.5 Å². The molecule has 8 nitrogen and oxygen atoms in total. The van der Waals surface area contributed by atoms with Crippen molar-refractivity contribution in [3.05, 3.63) is 70.1 Å². The predicted molar refractivity (Wildman–Crippen MR) is 112 cm³/mol. The summed E-state index contributed by atoms with van der Waals surface area (Å²) in [6.07, 6.45) is 4.92. The maximum atomic E-state index is 13.0. The molecular formula is C20H21N5O3S. The number of sulfonamides is 1. The predicted octanol–water partition coefficient (Wildman–Crippen LogP) is 1.92. The van der Waals surface area contributed by atoms with Gasteiger partial charge in [0.05, 0.1) is 11.1 Å². The molecule has 1 aliphatic rings. The zero-order valence-electron chi connectivity index (χ0n) is 15.9. The van der Waals surface area contributed by atoms with E-state index in [1.54, 1.807) is 30.5 Å². The Kier molecular flexibility index (Phi) is 5.06. The Balaban J connectivity index is 1.71. The van der Waals surface area contributed by atoms with Crippen LogP contribution in [0.2, 0.25) is 0 Å². The van der Waals surface area contributed by atoms with Gasteiger partial charge in [-0.3, -0.25) is 9.20 Å². The molecule has 1 N–H and O–H groups in total. The molecule has 1 saturated heterocycles. The van der Waals surface area contributed by atoms with Crippen molar-refractivity contribution in [1.82, 2.24) is 14.2 Å². The van der Waals surface area contributed by atoms with Crippen LogP contribution in [0.3, 0.4) is 0 Å². The summed E-state index contributed by atoms with van der Waals surface area (Å²) in [7, 11) is -3.83. The first-order valence-electron chi connectivity index (χ1n) is 9.33. The Morgan fingerprint density at radius 2 is 1.83 bits per heavy atom. The van der Waals surface area contributed by atoms with Crippen LogP contribution in [-0.2, 0) is 10.0 Å². The number of nitrogens with zero attached hydrogens (tertiary/aromatic N) is 4. The van der Waals surface area contributed by atoms with E-state index in [9.17, 15) is 13.2 Å². The number of hydrogen-bond donors (Lipinski definition) is 1. The second kappa shape index (κ2) is 7.67. The highest BCUT2D eigenvalue weighted by molar-refractivity contribution is 7.89. The van der Waals surface area contributed by atoms with Crippen molar-refractivity contribution in [2.24, 2.45) is 5.10 Å². The molecule has 1 fully saturated rings. The summed E-state index contributed by atoms with van der Waals surface area (Å²) in [6, 6.07) is 11.8. The lowest BCUT2D eigenvalue weighted by Gasteiger charge is -2.19. The lowest BCUT2D eigenvalue weighted by Crippen LogP contribution is -2.28. The molecule has 1 aromatic carbocycles. The molecule has 29 heavy (non-hydrogen) atoms. The Morgan fingerprint density at radius 1 is 1.10 bits per heavy atom. The number of pyridine rings is 1. The van der Waals surface area contributed by atoms with Crippen LogP contribution in [0, 0.1) is 6.92 Å². The van der Waals surface area contributed by atoms with E-state index in [2.05, 4.69) is 14.9 Å². The van der Waals surface area contributed by atoms with Crippen LogP contribution in [0.25, 0.3) is 5.65 Å². The van der Waals surface area contributed by atoms with E-state index in [1.165, 1.54) is 22.7 Å². The Morgan fingerprint density at radius 3 is 2.55 bits per heavy atom. The standard InChI is InChI=1S/C20H21N5O3S/c1-15-7-9-16(10-8-15)29(27,28)23-21-14-17-19(24-11-4-5-12-24)22-18-6-2-3-13-25(18)20(17)26/h2-3,6-10,13-14,23H,4-5,11-12H2,1H3/b21-14+. The largest absolute Gasteiger partial charge is 0.356 e. The molecule has 0 amide bonds. The lowest BCUT2D eigenvalue weighted by molar-refractivity contribution is 0.584. The van der Waals surface area contributed by atoms with E-state index in [1.807, 2.05) is 17.9 Å². The summed E-state index contributed by atoms with van der Waals surface area (Å²) in [5.41, 5.74) is 1.45. The van der Waals surface area contributed by atoms with Gasteiger partial charge in [-0.2, -0.15) is 13.5 Å². The molecule has 150 valence electrons. The summed E-state index contributed by atoms with van der Waals surface area (Å²) < 4.78 is 26.3. The molecule has 0 aliphatic carbocycles. The third-order valence-electron chi connectivity index (χ3n) is 4.85. The van der Waals surface area contributed by atoms with Crippen LogP contribution in [0.5, 0.6) is 0 Å². The highest BCUT2D eigenvalue weighted by Crippen LogP contribution is 2.20. The van der Waals surface area contributed by atoms with Gasteiger partial charge in [0.15, 0.2) is 0 Å². The van der Waals surface area contributed by atoms with E-state index in [4.69, 9.17) is 0 Å². The number of aryl methyl sites for hydroxylation is 1. The molecule has 0 atom stereocenters.